The lowest BCUT2D eigenvalue weighted by Gasteiger charge is -1.98. The fraction of sp³-hybridized carbons (Fsp3) is 0.333. The van der Waals surface area contributed by atoms with E-state index in [-0.39, 0.29) is 0 Å². The summed E-state index contributed by atoms with van der Waals surface area (Å²) in [4.78, 5) is 0. The van der Waals surface area contributed by atoms with Gasteiger partial charge in [0.2, 0.25) is 0 Å². The minimum absolute atomic E-state index is 0.509. The van der Waals surface area contributed by atoms with E-state index in [1.165, 1.54) is 4.68 Å². The van der Waals surface area contributed by atoms with Gasteiger partial charge in [0.1, 0.15) is 11.6 Å². The molecule has 0 aromatic carbocycles. The van der Waals surface area contributed by atoms with Crippen LogP contribution in [-0.2, 0) is 6.42 Å². The summed E-state index contributed by atoms with van der Waals surface area (Å²) in [7, 11) is 0. The van der Waals surface area contributed by atoms with Crippen molar-refractivity contribution in [3.05, 3.63) is 11.6 Å². The minimum atomic E-state index is 0.509. The van der Waals surface area contributed by atoms with Gasteiger partial charge < -0.3 is 17.3 Å². The summed E-state index contributed by atoms with van der Waals surface area (Å²) in [5, 5.41) is 0. The monoisotopic (exact) mass is 140 g/mol. The summed E-state index contributed by atoms with van der Waals surface area (Å²) in [6.45, 7) is 2.01. The van der Waals surface area contributed by atoms with E-state index < -0.39 is 0 Å². The second-order valence-electron chi connectivity index (χ2n) is 2.20. The first-order chi connectivity index (χ1) is 4.66. The molecular weight excluding hydrogens is 128 g/mol. The van der Waals surface area contributed by atoms with E-state index in [1.54, 1.807) is 6.07 Å². The maximum Gasteiger partial charge on any atom is 0.127 e. The molecule has 1 aromatic heterocycles. The molecule has 0 bridgehead atoms. The van der Waals surface area contributed by atoms with Gasteiger partial charge in [-0.25, -0.2) is 4.68 Å². The summed E-state index contributed by atoms with van der Waals surface area (Å²) in [5.74, 6) is 6.51. The van der Waals surface area contributed by atoms with Crippen LogP contribution in [-0.4, -0.2) is 4.68 Å². The molecule has 1 heterocycles. The summed E-state index contributed by atoms with van der Waals surface area (Å²) >= 11 is 0. The van der Waals surface area contributed by atoms with Gasteiger partial charge in [-0.1, -0.05) is 6.92 Å². The van der Waals surface area contributed by atoms with Crippen LogP contribution in [0.4, 0.5) is 11.6 Å². The Labute approximate surface area is 59.6 Å². The molecule has 0 spiro atoms. The minimum Gasteiger partial charge on any atom is -0.384 e. The van der Waals surface area contributed by atoms with Crippen molar-refractivity contribution < 1.29 is 0 Å². The molecule has 0 fully saturated rings. The van der Waals surface area contributed by atoms with Gasteiger partial charge in [-0.3, -0.25) is 0 Å². The molecule has 6 N–H and O–H groups in total. The van der Waals surface area contributed by atoms with Crippen molar-refractivity contribution in [3.8, 4) is 0 Å². The highest BCUT2D eigenvalue weighted by Crippen LogP contribution is 2.16. The van der Waals surface area contributed by atoms with E-state index in [4.69, 9.17) is 17.3 Å². The molecule has 4 nitrogen and oxygen atoms in total. The number of nitrogens with two attached hydrogens (primary N) is 3. The lowest BCUT2D eigenvalue weighted by Crippen LogP contribution is -2.14. The molecule has 56 valence electrons. The smallest absolute Gasteiger partial charge is 0.127 e. The van der Waals surface area contributed by atoms with Gasteiger partial charge in [-0.2, -0.15) is 0 Å². The molecule has 0 saturated heterocycles. The normalized spacial score (nSPS) is 10.1. The van der Waals surface area contributed by atoms with Crippen molar-refractivity contribution in [2.45, 2.75) is 13.3 Å². The standard InChI is InChI=1S/C6H12N4/c1-2-4-3-5(7)10(9)6(4)8/h3H,2,7-9H2,1H3. The maximum atomic E-state index is 5.57. The van der Waals surface area contributed by atoms with Crippen LogP contribution in [0.1, 0.15) is 12.5 Å². The number of nitrogens with zero attached hydrogens (tertiary/aromatic N) is 1. The molecule has 0 amide bonds. The van der Waals surface area contributed by atoms with Crippen LogP contribution in [0.2, 0.25) is 0 Å². The quantitative estimate of drug-likeness (QED) is 0.477. The predicted octanol–water partition coefficient (Wildman–Crippen LogP) is -0.0713. The van der Waals surface area contributed by atoms with Crippen molar-refractivity contribution in [2.75, 3.05) is 17.3 Å². The Morgan fingerprint density at radius 2 is 2.10 bits per heavy atom. The van der Waals surface area contributed by atoms with Crippen molar-refractivity contribution in [2.24, 2.45) is 0 Å². The summed E-state index contributed by atoms with van der Waals surface area (Å²) in [5.41, 5.74) is 12.0. The SMILES string of the molecule is CCc1cc(N)n(N)c1N. The lowest BCUT2D eigenvalue weighted by atomic mass is 10.2. The van der Waals surface area contributed by atoms with E-state index >= 15 is 0 Å². The van der Waals surface area contributed by atoms with Crippen LogP contribution >= 0.6 is 0 Å². The molecule has 0 saturated carbocycles. The van der Waals surface area contributed by atoms with Crippen LogP contribution in [0.5, 0.6) is 0 Å². The molecule has 0 unspecified atom stereocenters. The molecule has 10 heavy (non-hydrogen) atoms. The number of rotatable bonds is 1. The van der Waals surface area contributed by atoms with Crippen LogP contribution < -0.4 is 17.3 Å². The van der Waals surface area contributed by atoms with E-state index in [9.17, 15) is 0 Å². The third-order valence-corrected chi connectivity index (χ3v) is 1.57. The zero-order chi connectivity index (χ0) is 7.72. The Hall–Kier alpha value is -1.32. The van der Waals surface area contributed by atoms with Gasteiger partial charge >= 0.3 is 0 Å². The van der Waals surface area contributed by atoms with Gasteiger partial charge in [0.25, 0.3) is 0 Å². The third-order valence-electron chi connectivity index (χ3n) is 1.57. The fourth-order valence-corrected chi connectivity index (χ4v) is 0.899. The topological polar surface area (TPSA) is 83.0 Å². The van der Waals surface area contributed by atoms with Crippen LogP contribution in [0.25, 0.3) is 0 Å². The third kappa shape index (κ3) is 0.775. The number of hydrogen-bond donors (Lipinski definition) is 3. The fourth-order valence-electron chi connectivity index (χ4n) is 0.899. The van der Waals surface area contributed by atoms with E-state index in [1.807, 2.05) is 6.92 Å². The average Bonchev–Trinajstić information content (AvgIpc) is 2.17. The predicted molar refractivity (Wildman–Crippen MR) is 42.8 cm³/mol. The summed E-state index contributed by atoms with van der Waals surface area (Å²) in [6, 6.07) is 1.79. The first kappa shape index (κ1) is 6.80. The Morgan fingerprint density at radius 3 is 2.30 bits per heavy atom. The lowest BCUT2D eigenvalue weighted by molar-refractivity contribution is 1.03. The van der Waals surface area contributed by atoms with Crippen molar-refractivity contribution in [1.29, 1.82) is 0 Å². The Balaban J connectivity index is 3.17. The number of aryl methyl sites for hydroxylation is 1. The largest absolute Gasteiger partial charge is 0.384 e. The molecule has 4 heteroatoms. The highest BCUT2D eigenvalue weighted by Gasteiger charge is 2.04. The zero-order valence-corrected chi connectivity index (χ0v) is 5.96. The Kier molecular flexibility index (Phi) is 1.45. The van der Waals surface area contributed by atoms with Crippen molar-refractivity contribution in [3.63, 3.8) is 0 Å². The second kappa shape index (κ2) is 2.13. The molecule has 0 radical (unpaired) electrons. The van der Waals surface area contributed by atoms with Gasteiger partial charge in [0.05, 0.1) is 0 Å². The molecule has 0 aliphatic rings. The summed E-state index contributed by atoms with van der Waals surface area (Å²) in [6.07, 6.45) is 0.861. The van der Waals surface area contributed by atoms with Gasteiger partial charge in [-0.15, -0.1) is 0 Å². The highest BCUT2D eigenvalue weighted by atomic mass is 15.3. The Bertz CT molecular complexity index is 238. The first-order valence-electron chi connectivity index (χ1n) is 3.17. The molecule has 0 aliphatic carbocycles. The average molecular weight is 140 g/mol. The van der Waals surface area contributed by atoms with E-state index in [2.05, 4.69) is 0 Å². The highest BCUT2D eigenvalue weighted by molar-refractivity contribution is 5.53. The number of aromatic nitrogens is 1. The molecule has 1 aromatic rings. The van der Waals surface area contributed by atoms with E-state index in [0.717, 1.165) is 12.0 Å². The second-order valence-corrected chi connectivity index (χ2v) is 2.20. The van der Waals surface area contributed by atoms with Crippen LogP contribution in [0, 0.1) is 0 Å². The summed E-state index contributed by atoms with van der Waals surface area (Å²) < 4.78 is 1.29. The number of nitrogen functional groups attached to an aromatic ring is 3. The first-order valence-corrected chi connectivity index (χ1v) is 3.17. The van der Waals surface area contributed by atoms with Crippen molar-refractivity contribution in [1.82, 2.24) is 4.68 Å². The maximum absolute atomic E-state index is 5.57. The molecule has 1 rings (SSSR count). The molecule has 0 aliphatic heterocycles. The van der Waals surface area contributed by atoms with Crippen molar-refractivity contribution >= 4 is 11.6 Å². The van der Waals surface area contributed by atoms with E-state index in [0.29, 0.717) is 11.6 Å². The molecule has 0 atom stereocenters. The van der Waals surface area contributed by atoms with Gasteiger partial charge in [0, 0.05) is 0 Å². The van der Waals surface area contributed by atoms with Gasteiger partial charge in [0.15, 0.2) is 0 Å². The van der Waals surface area contributed by atoms with Crippen LogP contribution in [0.15, 0.2) is 6.07 Å². The molecular formula is C6H12N4. The number of anilines is 2. The van der Waals surface area contributed by atoms with Crippen LogP contribution in [0.3, 0.4) is 0 Å². The Morgan fingerprint density at radius 1 is 1.50 bits per heavy atom. The van der Waals surface area contributed by atoms with Gasteiger partial charge in [-0.05, 0) is 18.1 Å². The zero-order valence-electron chi connectivity index (χ0n) is 5.96. The number of hydrogen-bond acceptors (Lipinski definition) is 3.